The van der Waals surface area contributed by atoms with E-state index in [-0.39, 0.29) is 0 Å². The van der Waals surface area contributed by atoms with Crippen molar-refractivity contribution in [3.8, 4) is 33.4 Å². The van der Waals surface area contributed by atoms with Crippen molar-refractivity contribution in [2.75, 3.05) is 4.90 Å². The first-order valence-electron chi connectivity index (χ1n) is 16.8. The smallest absolute Gasteiger partial charge is 0.0546 e. The Kier molecular flexibility index (Phi) is 7.22. The molecule has 0 spiro atoms. The fourth-order valence-corrected chi connectivity index (χ4v) is 7.23. The summed E-state index contributed by atoms with van der Waals surface area (Å²) in [5.74, 6) is 0. The Morgan fingerprint density at radius 3 is 1.69 bits per heavy atom. The summed E-state index contributed by atoms with van der Waals surface area (Å²) >= 11 is 0. The van der Waals surface area contributed by atoms with Crippen LogP contribution in [0.5, 0.6) is 0 Å². The molecule has 0 heterocycles. The number of anilines is 3. The van der Waals surface area contributed by atoms with E-state index in [2.05, 4.69) is 205 Å². The quantitative estimate of drug-likeness (QED) is 0.178. The molecule has 0 atom stereocenters. The maximum Gasteiger partial charge on any atom is 0.0546 e. The molecule has 0 N–H and O–H groups in total. The minimum absolute atomic E-state index is 1.11. The van der Waals surface area contributed by atoms with Crippen molar-refractivity contribution in [2.45, 2.75) is 0 Å². The van der Waals surface area contributed by atoms with Gasteiger partial charge in [-0.3, -0.25) is 0 Å². The lowest BCUT2D eigenvalue weighted by Gasteiger charge is -2.30. The van der Waals surface area contributed by atoms with Crippen LogP contribution in [-0.2, 0) is 0 Å². The number of hydrogen-bond acceptors (Lipinski definition) is 1. The first-order valence-corrected chi connectivity index (χ1v) is 16.8. The van der Waals surface area contributed by atoms with E-state index in [4.69, 9.17) is 0 Å². The summed E-state index contributed by atoms with van der Waals surface area (Å²) in [5.41, 5.74) is 10.5. The topological polar surface area (TPSA) is 3.24 Å². The van der Waals surface area contributed by atoms with Gasteiger partial charge in [0.15, 0.2) is 0 Å². The second-order valence-corrected chi connectivity index (χ2v) is 12.6. The molecule has 0 fully saturated rings. The molecule has 0 aliphatic carbocycles. The van der Waals surface area contributed by atoms with Gasteiger partial charge in [0.05, 0.1) is 11.4 Å². The van der Waals surface area contributed by atoms with Crippen molar-refractivity contribution in [3.05, 3.63) is 200 Å². The normalized spacial score (nSPS) is 11.3. The fraction of sp³-hybridized carbons (Fsp3) is 0. The Morgan fingerprint density at radius 2 is 0.857 bits per heavy atom. The van der Waals surface area contributed by atoms with Gasteiger partial charge >= 0.3 is 0 Å². The van der Waals surface area contributed by atoms with Gasteiger partial charge in [0, 0.05) is 16.6 Å². The molecule has 9 aromatic carbocycles. The van der Waals surface area contributed by atoms with Crippen LogP contribution in [0.3, 0.4) is 0 Å². The Hall–Kier alpha value is -6.44. The second-order valence-electron chi connectivity index (χ2n) is 12.6. The van der Waals surface area contributed by atoms with Crippen LogP contribution in [0, 0.1) is 0 Å². The summed E-state index contributed by atoms with van der Waals surface area (Å²) in [5, 5.41) is 7.39. The van der Waals surface area contributed by atoms with E-state index in [1.807, 2.05) is 0 Å². The number of fused-ring (bicyclic) bond motifs is 3. The van der Waals surface area contributed by atoms with Gasteiger partial charge in [-0.05, 0) is 85.1 Å². The molecule has 0 amide bonds. The third-order valence-corrected chi connectivity index (χ3v) is 9.62. The molecular formula is C48H33N. The van der Waals surface area contributed by atoms with Crippen LogP contribution in [0.15, 0.2) is 200 Å². The van der Waals surface area contributed by atoms with E-state index in [0.29, 0.717) is 0 Å². The number of benzene rings is 9. The minimum Gasteiger partial charge on any atom is -0.309 e. The summed E-state index contributed by atoms with van der Waals surface area (Å²) in [7, 11) is 0. The predicted octanol–water partition coefficient (Wildman–Crippen LogP) is 13.6. The third kappa shape index (κ3) is 5.32. The van der Waals surface area contributed by atoms with Gasteiger partial charge in [-0.15, -0.1) is 0 Å². The highest BCUT2D eigenvalue weighted by atomic mass is 15.1. The van der Waals surface area contributed by atoms with Gasteiger partial charge in [0.25, 0.3) is 0 Å². The van der Waals surface area contributed by atoms with Crippen molar-refractivity contribution >= 4 is 49.4 Å². The van der Waals surface area contributed by atoms with Gasteiger partial charge in [0.2, 0.25) is 0 Å². The Bertz CT molecular complexity index is 2610. The maximum absolute atomic E-state index is 2.46. The van der Waals surface area contributed by atoms with Crippen molar-refractivity contribution in [1.29, 1.82) is 0 Å². The molecule has 0 aliphatic heterocycles. The summed E-state index contributed by atoms with van der Waals surface area (Å²) < 4.78 is 0. The maximum atomic E-state index is 2.46. The molecule has 230 valence electrons. The van der Waals surface area contributed by atoms with Crippen molar-refractivity contribution < 1.29 is 0 Å². The lowest BCUT2D eigenvalue weighted by Crippen LogP contribution is -2.12. The number of hydrogen-bond donors (Lipinski definition) is 0. The van der Waals surface area contributed by atoms with Crippen molar-refractivity contribution in [3.63, 3.8) is 0 Å². The van der Waals surface area contributed by atoms with Gasteiger partial charge < -0.3 is 4.90 Å². The van der Waals surface area contributed by atoms with E-state index in [1.54, 1.807) is 0 Å². The first kappa shape index (κ1) is 28.8. The molecule has 49 heavy (non-hydrogen) atoms. The van der Waals surface area contributed by atoms with Crippen LogP contribution in [0.2, 0.25) is 0 Å². The average molecular weight is 624 g/mol. The van der Waals surface area contributed by atoms with Crippen LogP contribution >= 0.6 is 0 Å². The summed E-state index contributed by atoms with van der Waals surface area (Å²) in [4.78, 5) is 2.46. The Morgan fingerprint density at radius 1 is 0.265 bits per heavy atom. The van der Waals surface area contributed by atoms with Crippen LogP contribution in [0.4, 0.5) is 17.1 Å². The lowest BCUT2D eigenvalue weighted by atomic mass is 9.94. The van der Waals surface area contributed by atoms with Gasteiger partial charge in [-0.1, -0.05) is 170 Å². The summed E-state index contributed by atoms with van der Waals surface area (Å²) in [6, 6.07) is 72.6. The highest BCUT2D eigenvalue weighted by Crippen LogP contribution is 2.46. The van der Waals surface area contributed by atoms with Crippen molar-refractivity contribution in [1.82, 2.24) is 0 Å². The standard InChI is InChI=1S/C48H33N/c1-2-14-36(15-3-1)46-30-29-40(39-28-27-34-13-4-5-18-38(34)31-39)33-48(46)49(47-26-12-20-37-17-7-9-24-45(37)47)42-22-10-21-41(32-42)44-25-11-19-35-16-6-8-23-43(35)44/h1-33H. The molecule has 0 saturated carbocycles. The SMILES string of the molecule is c1ccc(-c2ccc(-c3ccc4ccccc4c3)cc2N(c2cccc(-c3cccc4ccccc34)c2)c2cccc3ccccc23)cc1. The van der Waals surface area contributed by atoms with E-state index >= 15 is 0 Å². The molecule has 0 radical (unpaired) electrons. The second kappa shape index (κ2) is 12.3. The molecule has 0 aromatic heterocycles. The fourth-order valence-electron chi connectivity index (χ4n) is 7.23. The molecule has 0 unspecified atom stereocenters. The van der Waals surface area contributed by atoms with Crippen LogP contribution in [0.25, 0.3) is 65.7 Å². The van der Waals surface area contributed by atoms with Crippen LogP contribution < -0.4 is 4.90 Å². The molecule has 0 aliphatic rings. The molecule has 9 rings (SSSR count). The molecule has 9 aromatic rings. The zero-order valence-corrected chi connectivity index (χ0v) is 27.0. The number of nitrogens with zero attached hydrogens (tertiary/aromatic N) is 1. The monoisotopic (exact) mass is 623 g/mol. The minimum atomic E-state index is 1.11. The van der Waals surface area contributed by atoms with E-state index in [0.717, 1.165) is 17.1 Å². The zero-order valence-electron chi connectivity index (χ0n) is 27.0. The third-order valence-electron chi connectivity index (χ3n) is 9.62. The largest absolute Gasteiger partial charge is 0.309 e. The Balaban J connectivity index is 1.32. The Labute approximate surface area is 287 Å². The molecule has 0 bridgehead atoms. The number of rotatable bonds is 6. The summed E-state index contributed by atoms with van der Waals surface area (Å²) in [6.07, 6.45) is 0. The van der Waals surface area contributed by atoms with Gasteiger partial charge in [0.1, 0.15) is 0 Å². The van der Waals surface area contributed by atoms with E-state index < -0.39 is 0 Å². The predicted molar refractivity (Wildman–Crippen MR) is 210 cm³/mol. The van der Waals surface area contributed by atoms with E-state index in [9.17, 15) is 0 Å². The van der Waals surface area contributed by atoms with Gasteiger partial charge in [-0.25, -0.2) is 0 Å². The molecular weight excluding hydrogens is 591 g/mol. The van der Waals surface area contributed by atoms with Gasteiger partial charge in [-0.2, -0.15) is 0 Å². The summed E-state index contributed by atoms with van der Waals surface area (Å²) in [6.45, 7) is 0. The van der Waals surface area contributed by atoms with Crippen LogP contribution in [0.1, 0.15) is 0 Å². The molecule has 0 saturated heterocycles. The lowest BCUT2D eigenvalue weighted by molar-refractivity contribution is 1.30. The molecule has 1 nitrogen and oxygen atoms in total. The zero-order chi connectivity index (χ0) is 32.6. The molecule has 1 heteroatoms. The highest BCUT2D eigenvalue weighted by molar-refractivity contribution is 6.03. The van der Waals surface area contributed by atoms with Crippen molar-refractivity contribution in [2.24, 2.45) is 0 Å². The van der Waals surface area contributed by atoms with Crippen LogP contribution in [-0.4, -0.2) is 0 Å². The first-order chi connectivity index (χ1) is 24.3. The van der Waals surface area contributed by atoms with E-state index in [1.165, 1.54) is 65.7 Å². The highest BCUT2D eigenvalue weighted by Gasteiger charge is 2.21. The average Bonchev–Trinajstić information content (AvgIpc) is 3.18.